The molecule has 0 unspecified atom stereocenters. The Labute approximate surface area is 275 Å². The van der Waals surface area contributed by atoms with Crippen molar-refractivity contribution in [3.63, 3.8) is 0 Å². The van der Waals surface area contributed by atoms with Gasteiger partial charge in [0.1, 0.15) is 18.2 Å². The van der Waals surface area contributed by atoms with Crippen LogP contribution in [0.25, 0.3) is 33.1 Å². The van der Waals surface area contributed by atoms with Crippen molar-refractivity contribution in [3.05, 3.63) is 100 Å². The Morgan fingerprint density at radius 2 is 1.52 bits per heavy atom. The number of benzene rings is 4. The van der Waals surface area contributed by atoms with E-state index in [2.05, 4.69) is 4.98 Å². The van der Waals surface area contributed by atoms with Crippen molar-refractivity contribution in [3.8, 4) is 17.1 Å². The second kappa shape index (κ2) is 11.7. The monoisotopic (exact) mass is 645 g/mol. The minimum Gasteiger partial charge on any atom is -0.488 e. The number of aromatic nitrogens is 2. The molecule has 0 atom stereocenters. The number of rotatable bonds is 7. The van der Waals surface area contributed by atoms with Crippen LogP contribution < -0.4 is 15.8 Å². The standard InChI is InChI=1S/C36H32BN3O8/c1-35(2)36(3,4)48-37(47-35)25-12-9-21(10-13-25)20-45-29-14-11-24(34(44)46-40-30(41)15-16-31(40)42)18-27(29)32-38-28-19-23-8-6-5-7-22(23)17-26(28)33(43)39-32/h5-14,17-19H,15-16,20H2,1-4H3,(H,38,39,43). The number of hydrogen-bond acceptors (Lipinski definition) is 9. The van der Waals surface area contributed by atoms with E-state index in [-0.39, 0.29) is 36.4 Å². The molecule has 7 rings (SSSR count). The number of ether oxygens (including phenoxy) is 1. The summed E-state index contributed by atoms with van der Waals surface area (Å²) in [6.45, 7) is 8.16. The summed E-state index contributed by atoms with van der Waals surface area (Å²) in [5, 5.41) is 2.70. The maximum atomic E-state index is 13.3. The van der Waals surface area contributed by atoms with Gasteiger partial charge in [-0.3, -0.25) is 14.4 Å². The minimum absolute atomic E-state index is 0.0258. The SMILES string of the molecule is CC1(C)OB(c2ccc(COc3ccc(C(=O)ON4C(=O)CCC4=O)cc3-c3nc4cc5ccccc5cc4c(=O)[nH]3)cc2)OC1(C)C. The van der Waals surface area contributed by atoms with Gasteiger partial charge in [0.25, 0.3) is 17.4 Å². The number of amides is 2. The molecule has 0 bridgehead atoms. The number of nitrogens with zero attached hydrogens (tertiary/aromatic N) is 2. The van der Waals surface area contributed by atoms with Gasteiger partial charge in [0.2, 0.25) is 0 Å². The zero-order chi connectivity index (χ0) is 33.8. The second-order valence-corrected chi connectivity index (χ2v) is 12.9. The second-order valence-electron chi connectivity index (χ2n) is 12.9. The highest BCUT2D eigenvalue weighted by molar-refractivity contribution is 6.62. The van der Waals surface area contributed by atoms with Crippen molar-refractivity contribution < 1.29 is 33.3 Å². The third kappa shape index (κ3) is 5.73. The van der Waals surface area contributed by atoms with Crippen LogP contribution in [0.5, 0.6) is 5.75 Å². The number of hydrogen-bond donors (Lipinski definition) is 1. The predicted molar refractivity (Wildman–Crippen MR) is 178 cm³/mol. The molecule has 242 valence electrons. The quantitative estimate of drug-likeness (QED) is 0.150. The maximum Gasteiger partial charge on any atom is 0.494 e. The summed E-state index contributed by atoms with van der Waals surface area (Å²) in [4.78, 5) is 63.3. The molecule has 0 aliphatic carbocycles. The first-order valence-corrected chi connectivity index (χ1v) is 15.6. The Balaban J connectivity index is 1.20. The Morgan fingerprint density at radius 3 is 2.19 bits per heavy atom. The lowest BCUT2D eigenvalue weighted by atomic mass is 9.79. The highest BCUT2D eigenvalue weighted by Gasteiger charge is 2.51. The Kier molecular flexibility index (Phi) is 7.64. The van der Waals surface area contributed by atoms with Crippen molar-refractivity contribution in [2.45, 2.75) is 58.3 Å². The van der Waals surface area contributed by atoms with Crippen LogP contribution in [0.4, 0.5) is 0 Å². The highest BCUT2D eigenvalue weighted by Crippen LogP contribution is 2.36. The fraction of sp³-hybridized carbons (Fsp3) is 0.250. The molecule has 2 aliphatic heterocycles. The summed E-state index contributed by atoms with van der Waals surface area (Å²) in [6.07, 6.45) is -0.0581. The Bertz CT molecular complexity index is 2140. The lowest BCUT2D eigenvalue weighted by Gasteiger charge is -2.32. The van der Waals surface area contributed by atoms with Gasteiger partial charge in [-0.2, -0.15) is 0 Å². The smallest absolute Gasteiger partial charge is 0.488 e. The first-order valence-electron chi connectivity index (χ1n) is 15.6. The molecule has 11 nitrogen and oxygen atoms in total. The number of fused-ring (bicyclic) bond motifs is 2. The normalized spacial score (nSPS) is 17.0. The molecule has 48 heavy (non-hydrogen) atoms. The van der Waals surface area contributed by atoms with E-state index in [1.54, 1.807) is 12.1 Å². The molecule has 3 heterocycles. The Morgan fingerprint density at radius 1 is 0.875 bits per heavy atom. The topological polar surface area (TPSA) is 137 Å². The molecule has 2 fully saturated rings. The van der Waals surface area contributed by atoms with Crippen LogP contribution in [-0.2, 0) is 30.3 Å². The Hall–Kier alpha value is -5.33. The first-order chi connectivity index (χ1) is 22.9. The zero-order valence-electron chi connectivity index (χ0n) is 26.9. The van der Waals surface area contributed by atoms with Crippen LogP contribution in [0.2, 0.25) is 0 Å². The van der Waals surface area contributed by atoms with Crippen molar-refractivity contribution in [1.29, 1.82) is 0 Å². The van der Waals surface area contributed by atoms with E-state index in [1.807, 2.05) is 82.3 Å². The van der Waals surface area contributed by atoms with Gasteiger partial charge >= 0.3 is 13.1 Å². The average molecular weight is 645 g/mol. The first kappa shape index (κ1) is 31.3. The largest absolute Gasteiger partial charge is 0.494 e. The summed E-state index contributed by atoms with van der Waals surface area (Å²) in [5.41, 5.74) is 1.23. The van der Waals surface area contributed by atoms with Crippen molar-refractivity contribution in [2.24, 2.45) is 0 Å². The summed E-state index contributed by atoms with van der Waals surface area (Å²) >= 11 is 0. The van der Waals surface area contributed by atoms with Crippen LogP contribution in [0, 0.1) is 0 Å². The summed E-state index contributed by atoms with van der Waals surface area (Å²) in [7, 11) is -0.497. The summed E-state index contributed by atoms with van der Waals surface area (Å²) in [5.74, 6) is -1.61. The highest BCUT2D eigenvalue weighted by atomic mass is 16.7. The third-order valence-electron chi connectivity index (χ3n) is 9.12. The molecule has 1 N–H and O–H groups in total. The minimum atomic E-state index is -0.918. The van der Waals surface area contributed by atoms with Gasteiger partial charge in [-0.05, 0) is 79.8 Å². The van der Waals surface area contributed by atoms with Crippen LogP contribution in [0.3, 0.4) is 0 Å². The molecule has 1 aromatic heterocycles. The number of nitrogens with one attached hydrogen (secondary N) is 1. The average Bonchev–Trinajstić information content (AvgIpc) is 3.50. The van der Waals surface area contributed by atoms with Gasteiger partial charge in [0.15, 0.2) is 0 Å². The van der Waals surface area contributed by atoms with Crippen LogP contribution in [0.1, 0.15) is 56.5 Å². The maximum absolute atomic E-state index is 13.3. The number of aromatic amines is 1. The van der Waals surface area contributed by atoms with Crippen LogP contribution >= 0.6 is 0 Å². The summed E-state index contributed by atoms with van der Waals surface area (Å²) < 4.78 is 18.6. The lowest BCUT2D eigenvalue weighted by molar-refractivity contribution is -0.172. The van der Waals surface area contributed by atoms with E-state index in [9.17, 15) is 19.2 Å². The molecule has 2 aliphatic rings. The van der Waals surface area contributed by atoms with E-state index in [1.165, 1.54) is 12.1 Å². The van der Waals surface area contributed by atoms with E-state index >= 15 is 0 Å². The molecule has 2 saturated heterocycles. The molecule has 12 heteroatoms. The fourth-order valence-electron chi connectivity index (χ4n) is 5.63. The number of imide groups is 1. The van der Waals surface area contributed by atoms with Gasteiger partial charge in [-0.15, -0.1) is 5.06 Å². The molecule has 0 spiro atoms. The molecular weight excluding hydrogens is 613 g/mol. The lowest BCUT2D eigenvalue weighted by Crippen LogP contribution is -2.41. The van der Waals surface area contributed by atoms with Crippen molar-refractivity contribution in [1.82, 2.24) is 15.0 Å². The number of hydroxylamine groups is 2. The third-order valence-corrected chi connectivity index (χ3v) is 9.12. The number of H-pyrrole nitrogens is 1. The molecular formula is C36H32BN3O8. The predicted octanol–water partition coefficient (Wildman–Crippen LogP) is 4.84. The van der Waals surface area contributed by atoms with Gasteiger partial charge in [-0.25, -0.2) is 9.78 Å². The van der Waals surface area contributed by atoms with Crippen molar-refractivity contribution >= 4 is 52.0 Å². The van der Waals surface area contributed by atoms with E-state index in [4.69, 9.17) is 23.9 Å². The molecule has 5 aromatic rings. The molecule has 0 saturated carbocycles. The van der Waals surface area contributed by atoms with E-state index in [0.29, 0.717) is 27.3 Å². The number of carbonyl (C=O) groups is 3. The molecule has 0 radical (unpaired) electrons. The van der Waals surface area contributed by atoms with Gasteiger partial charge in [0, 0.05) is 12.8 Å². The van der Waals surface area contributed by atoms with Gasteiger partial charge in [0.05, 0.1) is 33.2 Å². The summed E-state index contributed by atoms with van der Waals surface area (Å²) in [6, 6.07) is 23.4. The zero-order valence-corrected chi connectivity index (χ0v) is 26.9. The fourth-order valence-corrected chi connectivity index (χ4v) is 5.63. The van der Waals surface area contributed by atoms with Crippen LogP contribution in [0.15, 0.2) is 83.7 Å². The van der Waals surface area contributed by atoms with E-state index < -0.39 is 36.1 Å². The van der Waals surface area contributed by atoms with Crippen molar-refractivity contribution in [2.75, 3.05) is 0 Å². The van der Waals surface area contributed by atoms with Gasteiger partial charge in [-0.1, -0.05) is 48.5 Å². The van der Waals surface area contributed by atoms with E-state index in [0.717, 1.165) is 21.8 Å². The molecule has 2 amide bonds. The van der Waals surface area contributed by atoms with Crippen LogP contribution in [-0.4, -0.2) is 51.1 Å². The van der Waals surface area contributed by atoms with Gasteiger partial charge < -0.3 is 23.9 Å². The number of carbonyl (C=O) groups excluding carboxylic acids is 3. The molecule has 4 aromatic carbocycles.